The third-order valence-electron chi connectivity index (χ3n) is 5.55. The normalized spacial score (nSPS) is 14.9. The maximum absolute atomic E-state index is 12.9. The summed E-state index contributed by atoms with van der Waals surface area (Å²) in [4.78, 5) is 19.5. The molecule has 4 rings (SSSR count). The first kappa shape index (κ1) is 23.4. The van der Waals surface area contributed by atoms with Crippen LogP contribution in [0.2, 0.25) is 0 Å². The largest absolute Gasteiger partial charge is 0.493 e. The molecule has 2 heterocycles. The number of para-hydroxylation sites is 1. The van der Waals surface area contributed by atoms with Crippen molar-refractivity contribution in [3.8, 4) is 16.3 Å². The maximum Gasteiger partial charge on any atom is 0.243 e. The van der Waals surface area contributed by atoms with Gasteiger partial charge in [-0.05, 0) is 38.1 Å². The molecule has 1 fully saturated rings. The topological polar surface area (TPSA) is 79.8 Å². The Bertz CT molecular complexity index is 1210. The molecule has 0 atom stereocenters. The highest BCUT2D eigenvalue weighted by Crippen LogP contribution is 2.32. The summed E-state index contributed by atoms with van der Waals surface area (Å²) in [7, 11) is -3.55. The van der Waals surface area contributed by atoms with Crippen LogP contribution in [0.3, 0.4) is 0 Å². The predicted octanol–water partition coefficient (Wildman–Crippen LogP) is 3.59. The van der Waals surface area contributed by atoms with E-state index in [2.05, 4.69) is 4.98 Å². The van der Waals surface area contributed by atoms with Crippen LogP contribution in [0.15, 0.2) is 58.8 Å². The highest BCUT2D eigenvalue weighted by molar-refractivity contribution is 7.89. The molecule has 1 saturated heterocycles. The van der Waals surface area contributed by atoms with Crippen molar-refractivity contribution < 1.29 is 17.9 Å². The molecule has 1 amide bonds. The fraction of sp³-hybridized carbons (Fsp3) is 0.333. The Labute approximate surface area is 198 Å². The van der Waals surface area contributed by atoms with Crippen molar-refractivity contribution in [2.24, 2.45) is 0 Å². The fourth-order valence-electron chi connectivity index (χ4n) is 3.74. The van der Waals surface area contributed by atoms with Gasteiger partial charge in [0.15, 0.2) is 0 Å². The second kappa shape index (κ2) is 10.0. The Hall–Kier alpha value is -2.75. The number of nitrogens with zero attached hydrogens (tertiary/aromatic N) is 3. The standard InChI is InChI=1S/C24H27N3O4S2/c1-3-31-22-7-5-4-6-21(22)24-25-19(17-32-24)16-23(28)26-12-14-27(15-13-26)33(29,30)20-10-8-18(2)9-11-20/h4-11,17H,3,12-16H2,1-2H3. The minimum atomic E-state index is -3.55. The number of rotatable bonds is 7. The van der Waals surface area contributed by atoms with Crippen LogP contribution in [0, 0.1) is 6.92 Å². The summed E-state index contributed by atoms with van der Waals surface area (Å²) in [6.07, 6.45) is 0.192. The van der Waals surface area contributed by atoms with Crippen molar-refractivity contribution in [2.45, 2.75) is 25.2 Å². The van der Waals surface area contributed by atoms with E-state index in [0.29, 0.717) is 25.4 Å². The van der Waals surface area contributed by atoms with Crippen molar-refractivity contribution in [3.63, 3.8) is 0 Å². The molecule has 0 unspecified atom stereocenters. The van der Waals surface area contributed by atoms with Crippen LogP contribution in [0.25, 0.3) is 10.6 Å². The Balaban J connectivity index is 1.37. The van der Waals surface area contributed by atoms with Gasteiger partial charge in [-0.2, -0.15) is 4.31 Å². The predicted molar refractivity (Wildman–Crippen MR) is 129 cm³/mol. The van der Waals surface area contributed by atoms with Crippen LogP contribution in [-0.2, 0) is 21.2 Å². The van der Waals surface area contributed by atoms with Gasteiger partial charge in [0.1, 0.15) is 10.8 Å². The van der Waals surface area contributed by atoms with Crippen molar-refractivity contribution in [2.75, 3.05) is 32.8 Å². The van der Waals surface area contributed by atoms with E-state index >= 15 is 0 Å². The van der Waals surface area contributed by atoms with Crippen LogP contribution in [-0.4, -0.2) is 61.3 Å². The average Bonchev–Trinajstić information content (AvgIpc) is 3.28. The number of aromatic nitrogens is 1. The number of amides is 1. The van der Waals surface area contributed by atoms with Crippen molar-refractivity contribution in [3.05, 3.63) is 65.2 Å². The molecule has 0 radical (unpaired) electrons. The first-order valence-corrected chi connectivity index (χ1v) is 13.2. The lowest BCUT2D eigenvalue weighted by Gasteiger charge is -2.34. The smallest absolute Gasteiger partial charge is 0.243 e. The molecule has 1 aliphatic rings. The first-order valence-electron chi connectivity index (χ1n) is 10.9. The minimum absolute atomic E-state index is 0.0441. The van der Waals surface area contributed by atoms with Gasteiger partial charge >= 0.3 is 0 Å². The Morgan fingerprint density at radius 2 is 1.76 bits per heavy atom. The lowest BCUT2D eigenvalue weighted by Crippen LogP contribution is -2.50. The number of carbonyl (C=O) groups is 1. The minimum Gasteiger partial charge on any atom is -0.493 e. The SMILES string of the molecule is CCOc1ccccc1-c1nc(CC(=O)N2CCN(S(=O)(=O)c3ccc(C)cc3)CC2)cs1. The van der Waals surface area contributed by atoms with Gasteiger partial charge in [0.2, 0.25) is 15.9 Å². The fourth-order valence-corrected chi connectivity index (χ4v) is 6.01. The van der Waals surface area contributed by atoms with Crippen LogP contribution < -0.4 is 4.74 Å². The van der Waals surface area contributed by atoms with Gasteiger partial charge < -0.3 is 9.64 Å². The maximum atomic E-state index is 12.9. The Morgan fingerprint density at radius 3 is 2.45 bits per heavy atom. The lowest BCUT2D eigenvalue weighted by atomic mass is 10.2. The number of aryl methyl sites for hydroxylation is 1. The van der Waals surface area contributed by atoms with Gasteiger partial charge in [-0.15, -0.1) is 11.3 Å². The second-order valence-electron chi connectivity index (χ2n) is 7.85. The summed E-state index contributed by atoms with van der Waals surface area (Å²) in [5, 5.41) is 2.71. The van der Waals surface area contributed by atoms with Crippen LogP contribution in [0.4, 0.5) is 0 Å². The molecule has 1 aromatic heterocycles. The van der Waals surface area contributed by atoms with Crippen LogP contribution >= 0.6 is 11.3 Å². The van der Waals surface area contributed by atoms with Gasteiger partial charge in [0.05, 0.1) is 29.2 Å². The molecule has 0 aliphatic carbocycles. The number of sulfonamides is 1. The highest BCUT2D eigenvalue weighted by Gasteiger charge is 2.30. The Morgan fingerprint density at radius 1 is 1.06 bits per heavy atom. The van der Waals surface area contributed by atoms with Crippen molar-refractivity contribution >= 4 is 27.3 Å². The Kier molecular flexibility index (Phi) is 7.11. The van der Waals surface area contributed by atoms with Gasteiger partial charge in [0.25, 0.3) is 0 Å². The molecule has 2 aromatic carbocycles. The van der Waals surface area contributed by atoms with E-state index in [4.69, 9.17) is 4.74 Å². The van der Waals surface area contributed by atoms with Gasteiger partial charge in [-0.25, -0.2) is 13.4 Å². The zero-order chi connectivity index (χ0) is 23.4. The quantitative estimate of drug-likeness (QED) is 0.511. The molecule has 0 saturated carbocycles. The van der Waals surface area contributed by atoms with Crippen LogP contribution in [0.1, 0.15) is 18.2 Å². The van der Waals surface area contributed by atoms with E-state index in [1.54, 1.807) is 29.2 Å². The molecular formula is C24H27N3O4S2. The number of carbonyl (C=O) groups excluding carboxylic acids is 1. The van der Waals surface area contributed by atoms with E-state index in [0.717, 1.165) is 21.9 Å². The van der Waals surface area contributed by atoms with Crippen LogP contribution in [0.5, 0.6) is 5.75 Å². The molecule has 7 nitrogen and oxygen atoms in total. The molecule has 3 aromatic rings. The van der Waals surface area contributed by atoms with E-state index in [1.807, 2.05) is 43.5 Å². The number of hydrogen-bond donors (Lipinski definition) is 0. The average molecular weight is 486 g/mol. The van der Waals surface area contributed by atoms with E-state index in [-0.39, 0.29) is 30.3 Å². The summed E-state index contributed by atoms with van der Waals surface area (Å²) in [6, 6.07) is 14.6. The van der Waals surface area contributed by atoms with E-state index < -0.39 is 10.0 Å². The molecule has 1 aliphatic heterocycles. The number of ether oxygens (including phenoxy) is 1. The zero-order valence-corrected chi connectivity index (χ0v) is 20.4. The molecule has 33 heavy (non-hydrogen) atoms. The van der Waals surface area contributed by atoms with Gasteiger partial charge in [0, 0.05) is 31.6 Å². The summed E-state index contributed by atoms with van der Waals surface area (Å²) in [5.74, 6) is 0.732. The van der Waals surface area contributed by atoms with E-state index in [9.17, 15) is 13.2 Å². The summed E-state index contributed by atoms with van der Waals surface area (Å²) in [6.45, 7) is 5.73. The third kappa shape index (κ3) is 5.26. The number of benzene rings is 2. The number of piperazine rings is 1. The molecule has 174 valence electrons. The lowest BCUT2D eigenvalue weighted by molar-refractivity contribution is -0.131. The summed E-state index contributed by atoms with van der Waals surface area (Å²) >= 11 is 1.48. The molecule has 9 heteroatoms. The molecular weight excluding hydrogens is 458 g/mol. The zero-order valence-electron chi connectivity index (χ0n) is 18.7. The monoisotopic (exact) mass is 485 g/mol. The van der Waals surface area contributed by atoms with Crippen molar-refractivity contribution in [1.29, 1.82) is 0 Å². The van der Waals surface area contributed by atoms with Gasteiger partial charge in [-0.1, -0.05) is 29.8 Å². The third-order valence-corrected chi connectivity index (χ3v) is 8.39. The highest BCUT2D eigenvalue weighted by atomic mass is 32.2. The molecule has 0 bridgehead atoms. The summed E-state index contributed by atoms with van der Waals surface area (Å²) in [5.41, 5.74) is 2.63. The van der Waals surface area contributed by atoms with Gasteiger partial charge in [-0.3, -0.25) is 4.79 Å². The molecule has 0 N–H and O–H groups in total. The van der Waals surface area contributed by atoms with E-state index in [1.165, 1.54) is 15.6 Å². The second-order valence-corrected chi connectivity index (χ2v) is 10.6. The van der Waals surface area contributed by atoms with Crippen molar-refractivity contribution in [1.82, 2.24) is 14.2 Å². The molecule has 0 spiro atoms. The number of hydrogen-bond acceptors (Lipinski definition) is 6. The first-order chi connectivity index (χ1) is 15.9. The number of thiazole rings is 1. The summed E-state index contributed by atoms with van der Waals surface area (Å²) < 4.78 is 32.9.